The fourth-order valence-corrected chi connectivity index (χ4v) is 4.83. The first-order chi connectivity index (χ1) is 13.8. The van der Waals surface area contributed by atoms with E-state index in [0.717, 1.165) is 16.9 Å². The molecule has 156 valence electrons. The van der Waals surface area contributed by atoms with E-state index in [2.05, 4.69) is 0 Å². The van der Waals surface area contributed by atoms with E-state index in [1.165, 1.54) is 4.31 Å². The van der Waals surface area contributed by atoms with E-state index in [0.29, 0.717) is 19.5 Å². The van der Waals surface area contributed by atoms with Gasteiger partial charge in [-0.2, -0.15) is 4.31 Å². The summed E-state index contributed by atoms with van der Waals surface area (Å²) in [6.45, 7) is 7.14. The summed E-state index contributed by atoms with van der Waals surface area (Å²) in [4.78, 5) is 15.0. The van der Waals surface area contributed by atoms with Crippen molar-refractivity contribution in [3.8, 4) is 5.75 Å². The van der Waals surface area contributed by atoms with Gasteiger partial charge in [0.05, 0.1) is 4.90 Å². The number of amides is 1. The SMILES string of the molecule is CC[C@H](Oc1cc(C)ccc1C)C(=O)N1CCN(S(=O)(=O)c2ccccc2)CC1. The molecule has 0 N–H and O–H groups in total. The van der Waals surface area contributed by atoms with Crippen LogP contribution < -0.4 is 4.74 Å². The fourth-order valence-electron chi connectivity index (χ4n) is 3.39. The monoisotopic (exact) mass is 416 g/mol. The van der Waals surface area contributed by atoms with Gasteiger partial charge >= 0.3 is 0 Å². The summed E-state index contributed by atoms with van der Waals surface area (Å²) in [5, 5.41) is 0. The lowest BCUT2D eigenvalue weighted by molar-refractivity contribution is -0.140. The van der Waals surface area contributed by atoms with Gasteiger partial charge in [0.1, 0.15) is 5.75 Å². The quantitative estimate of drug-likeness (QED) is 0.726. The summed E-state index contributed by atoms with van der Waals surface area (Å²) in [5.41, 5.74) is 2.06. The largest absolute Gasteiger partial charge is 0.480 e. The highest BCUT2D eigenvalue weighted by Gasteiger charge is 2.32. The molecule has 6 nitrogen and oxygen atoms in total. The summed E-state index contributed by atoms with van der Waals surface area (Å²) in [6.07, 6.45) is -0.0258. The number of piperazine rings is 1. The topological polar surface area (TPSA) is 66.9 Å². The molecule has 7 heteroatoms. The van der Waals surface area contributed by atoms with Crippen molar-refractivity contribution in [1.82, 2.24) is 9.21 Å². The van der Waals surface area contributed by atoms with E-state index < -0.39 is 16.1 Å². The van der Waals surface area contributed by atoms with Crippen LogP contribution in [0.15, 0.2) is 53.4 Å². The normalized spacial score (nSPS) is 16.4. The predicted octanol–water partition coefficient (Wildman–Crippen LogP) is 2.99. The average Bonchev–Trinajstić information content (AvgIpc) is 2.74. The molecule has 0 saturated carbocycles. The van der Waals surface area contributed by atoms with Crippen molar-refractivity contribution in [2.75, 3.05) is 26.2 Å². The van der Waals surface area contributed by atoms with Crippen LogP contribution in [0.25, 0.3) is 0 Å². The number of aryl methyl sites for hydroxylation is 2. The van der Waals surface area contributed by atoms with Crippen LogP contribution in [0, 0.1) is 13.8 Å². The zero-order valence-electron chi connectivity index (χ0n) is 17.2. The Morgan fingerprint density at radius 1 is 1.03 bits per heavy atom. The summed E-state index contributed by atoms with van der Waals surface area (Å²) in [5.74, 6) is 0.626. The van der Waals surface area contributed by atoms with Gasteiger partial charge < -0.3 is 9.64 Å². The van der Waals surface area contributed by atoms with E-state index in [4.69, 9.17) is 4.74 Å². The molecule has 0 unspecified atom stereocenters. The number of hydrogen-bond donors (Lipinski definition) is 0. The van der Waals surface area contributed by atoms with E-state index in [9.17, 15) is 13.2 Å². The Morgan fingerprint density at radius 2 is 1.69 bits per heavy atom. The standard InChI is InChI=1S/C22H28N2O4S/c1-4-20(28-21-16-17(2)10-11-18(21)3)22(25)23-12-14-24(15-13-23)29(26,27)19-8-6-5-7-9-19/h5-11,16,20H,4,12-15H2,1-3H3/t20-/m0/s1. The van der Waals surface area contributed by atoms with Gasteiger partial charge in [0.25, 0.3) is 5.91 Å². The van der Waals surface area contributed by atoms with Crippen molar-refractivity contribution >= 4 is 15.9 Å². The van der Waals surface area contributed by atoms with Gasteiger partial charge in [0, 0.05) is 26.2 Å². The molecular formula is C22H28N2O4S. The van der Waals surface area contributed by atoms with Gasteiger partial charge in [0.2, 0.25) is 10.0 Å². The van der Waals surface area contributed by atoms with Crippen LogP contribution in [-0.2, 0) is 14.8 Å². The number of sulfonamides is 1. The molecule has 29 heavy (non-hydrogen) atoms. The summed E-state index contributed by atoms with van der Waals surface area (Å²) >= 11 is 0. The molecule has 1 amide bonds. The zero-order valence-corrected chi connectivity index (χ0v) is 18.0. The van der Waals surface area contributed by atoms with Crippen molar-refractivity contribution in [2.24, 2.45) is 0 Å². The van der Waals surface area contributed by atoms with Crippen molar-refractivity contribution < 1.29 is 17.9 Å². The van der Waals surface area contributed by atoms with Crippen LogP contribution in [0.1, 0.15) is 24.5 Å². The zero-order chi connectivity index (χ0) is 21.0. The molecule has 2 aromatic rings. The molecule has 1 aliphatic heterocycles. The number of hydrogen-bond acceptors (Lipinski definition) is 4. The molecule has 2 aromatic carbocycles. The summed E-state index contributed by atoms with van der Waals surface area (Å²) in [6, 6.07) is 14.3. The fraction of sp³-hybridized carbons (Fsp3) is 0.409. The van der Waals surface area contributed by atoms with Gasteiger partial charge in [-0.05, 0) is 49.6 Å². The Kier molecular flexibility index (Phi) is 6.59. The van der Waals surface area contributed by atoms with E-state index in [1.54, 1.807) is 35.2 Å². The minimum Gasteiger partial charge on any atom is -0.480 e. The third kappa shape index (κ3) is 4.79. The van der Waals surface area contributed by atoms with Gasteiger partial charge in [-0.1, -0.05) is 37.3 Å². The van der Waals surface area contributed by atoms with Crippen molar-refractivity contribution in [3.05, 3.63) is 59.7 Å². The van der Waals surface area contributed by atoms with Crippen LogP contribution in [0.3, 0.4) is 0 Å². The second kappa shape index (κ2) is 8.97. The second-order valence-electron chi connectivity index (χ2n) is 7.33. The van der Waals surface area contributed by atoms with Crippen LogP contribution in [0.2, 0.25) is 0 Å². The number of ether oxygens (including phenoxy) is 1. The molecule has 0 aliphatic carbocycles. The first-order valence-electron chi connectivity index (χ1n) is 9.91. The van der Waals surface area contributed by atoms with Gasteiger partial charge in [-0.15, -0.1) is 0 Å². The second-order valence-corrected chi connectivity index (χ2v) is 9.26. The molecule has 1 fully saturated rings. The van der Waals surface area contributed by atoms with E-state index >= 15 is 0 Å². The lowest BCUT2D eigenvalue weighted by Gasteiger charge is -2.35. The molecule has 1 heterocycles. The van der Waals surface area contributed by atoms with Gasteiger partial charge in [-0.3, -0.25) is 4.79 Å². The number of benzene rings is 2. The Labute approximate surface area is 173 Å². The average molecular weight is 417 g/mol. The molecule has 1 aliphatic rings. The lowest BCUT2D eigenvalue weighted by Crippen LogP contribution is -2.53. The highest BCUT2D eigenvalue weighted by Crippen LogP contribution is 2.23. The van der Waals surface area contributed by atoms with Crippen LogP contribution in [0.4, 0.5) is 0 Å². The molecule has 0 bridgehead atoms. The first-order valence-corrected chi connectivity index (χ1v) is 11.3. The lowest BCUT2D eigenvalue weighted by atomic mass is 10.1. The van der Waals surface area contributed by atoms with Gasteiger partial charge in [0.15, 0.2) is 6.10 Å². The number of carbonyl (C=O) groups excluding carboxylic acids is 1. The molecule has 1 saturated heterocycles. The molecule has 3 rings (SSSR count). The smallest absolute Gasteiger partial charge is 0.263 e. The Hall–Kier alpha value is -2.38. The van der Waals surface area contributed by atoms with E-state index in [1.807, 2.05) is 39.0 Å². The van der Waals surface area contributed by atoms with E-state index in [-0.39, 0.29) is 23.9 Å². The summed E-state index contributed by atoms with van der Waals surface area (Å²) in [7, 11) is -3.53. The maximum atomic E-state index is 13.0. The third-order valence-electron chi connectivity index (χ3n) is 5.19. The third-order valence-corrected chi connectivity index (χ3v) is 7.10. The van der Waals surface area contributed by atoms with Gasteiger partial charge in [-0.25, -0.2) is 8.42 Å². The molecule has 0 spiro atoms. The molecule has 1 atom stereocenters. The number of rotatable bonds is 6. The maximum absolute atomic E-state index is 13.0. The molecule has 0 aromatic heterocycles. The predicted molar refractivity (Wildman–Crippen MR) is 112 cm³/mol. The maximum Gasteiger partial charge on any atom is 0.263 e. The van der Waals surface area contributed by atoms with Crippen molar-refractivity contribution in [2.45, 2.75) is 38.2 Å². The Morgan fingerprint density at radius 3 is 2.31 bits per heavy atom. The van der Waals surface area contributed by atoms with Crippen molar-refractivity contribution in [1.29, 1.82) is 0 Å². The first kappa shape index (κ1) is 21.3. The Balaban J connectivity index is 1.65. The minimum absolute atomic E-state index is 0.0924. The van der Waals surface area contributed by atoms with Crippen LogP contribution in [-0.4, -0.2) is 55.8 Å². The molecule has 0 radical (unpaired) electrons. The van der Waals surface area contributed by atoms with Crippen molar-refractivity contribution in [3.63, 3.8) is 0 Å². The Bertz CT molecular complexity index is 952. The number of carbonyl (C=O) groups is 1. The van der Waals surface area contributed by atoms with Crippen LogP contribution >= 0.6 is 0 Å². The number of nitrogens with zero attached hydrogens (tertiary/aromatic N) is 2. The van der Waals surface area contributed by atoms with Crippen LogP contribution in [0.5, 0.6) is 5.75 Å². The highest BCUT2D eigenvalue weighted by molar-refractivity contribution is 7.89. The molecular weight excluding hydrogens is 388 g/mol. The summed E-state index contributed by atoms with van der Waals surface area (Å²) < 4.78 is 33.0. The highest BCUT2D eigenvalue weighted by atomic mass is 32.2. The minimum atomic E-state index is -3.53.